The molecule has 0 spiro atoms. The predicted octanol–water partition coefficient (Wildman–Crippen LogP) is 2.69. The molecular formula is C24H21N5O7. The van der Waals surface area contributed by atoms with Gasteiger partial charge < -0.3 is 15.4 Å². The lowest BCUT2D eigenvalue weighted by atomic mass is 10.1. The molecule has 4 rings (SSSR count). The number of carbonyl (C=O) groups excluding carboxylic acids is 4. The number of nitrogens with zero attached hydrogens (tertiary/aromatic N) is 3. The largest absolute Gasteiger partial charge is 0.462 e. The van der Waals surface area contributed by atoms with Crippen LogP contribution in [0.15, 0.2) is 58.7 Å². The third-order valence-electron chi connectivity index (χ3n) is 5.68. The van der Waals surface area contributed by atoms with Gasteiger partial charge in [-0.15, -0.1) is 0 Å². The van der Waals surface area contributed by atoms with Crippen LogP contribution in [0.3, 0.4) is 0 Å². The molecule has 184 valence electrons. The summed E-state index contributed by atoms with van der Waals surface area (Å²) in [6, 6.07) is 9.22. The monoisotopic (exact) mass is 491 g/mol. The van der Waals surface area contributed by atoms with Crippen LogP contribution in [0.4, 0.5) is 17.1 Å². The summed E-state index contributed by atoms with van der Waals surface area (Å²) in [5.41, 5.74) is 0.270. The van der Waals surface area contributed by atoms with E-state index >= 15 is 0 Å². The summed E-state index contributed by atoms with van der Waals surface area (Å²) in [7, 11) is 0. The van der Waals surface area contributed by atoms with Gasteiger partial charge in [0.15, 0.2) is 0 Å². The van der Waals surface area contributed by atoms with Gasteiger partial charge in [0.1, 0.15) is 23.0 Å². The molecule has 2 aromatic rings. The number of ether oxygens (including phenoxy) is 1. The second kappa shape index (κ2) is 9.41. The molecule has 2 heterocycles. The van der Waals surface area contributed by atoms with Crippen molar-refractivity contribution in [2.24, 2.45) is 4.99 Å². The first-order valence-electron chi connectivity index (χ1n) is 10.9. The van der Waals surface area contributed by atoms with Crippen LogP contribution in [0.5, 0.6) is 0 Å². The van der Waals surface area contributed by atoms with Crippen LogP contribution in [0, 0.1) is 10.1 Å². The minimum Gasteiger partial charge on any atom is -0.462 e. The summed E-state index contributed by atoms with van der Waals surface area (Å²) in [6.45, 7) is 4.62. The number of benzene rings is 2. The number of amidine groups is 1. The van der Waals surface area contributed by atoms with Crippen molar-refractivity contribution in [3.05, 3.63) is 75.0 Å². The van der Waals surface area contributed by atoms with Gasteiger partial charge in [-0.25, -0.2) is 9.79 Å². The number of aliphatic imine (C=N–C) groups is 1. The zero-order chi connectivity index (χ0) is 26.1. The Morgan fingerprint density at radius 3 is 2.58 bits per heavy atom. The molecule has 0 radical (unpaired) electrons. The van der Waals surface area contributed by atoms with Crippen LogP contribution in [-0.2, 0) is 14.3 Å². The minimum absolute atomic E-state index is 0.0356. The van der Waals surface area contributed by atoms with Gasteiger partial charge in [-0.1, -0.05) is 18.2 Å². The van der Waals surface area contributed by atoms with Gasteiger partial charge in [-0.05, 0) is 39.0 Å². The van der Waals surface area contributed by atoms with Crippen molar-refractivity contribution < 1.29 is 28.8 Å². The van der Waals surface area contributed by atoms with Gasteiger partial charge in [0, 0.05) is 11.8 Å². The van der Waals surface area contributed by atoms with Crippen molar-refractivity contribution in [3.63, 3.8) is 0 Å². The van der Waals surface area contributed by atoms with Gasteiger partial charge in [-0.3, -0.25) is 29.4 Å². The van der Waals surface area contributed by atoms with Crippen LogP contribution in [-0.4, -0.2) is 52.0 Å². The smallest absolute Gasteiger partial charge is 0.343 e. The number of imide groups is 1. The highest BCUT2D eigenvalue weighted by atomic mass is 16.6. The molecular weight excluding hydrogens is 470 g/mol. The third-order valence-corrected chi connectivity index (χ3v) is 5.68. The Labute approximate surface area is 204 Å². The lowest BCUT2D eigenvalue weighted by Gasteiger charge is -2.22. The highest BCUT2D eigenvalue weighted by molar-refractivity contribution is 6.27. The number of allylic oxidation sites excluding steroid dienone is 1. The molecule has 1 atom stereocenters. The average molecular weight is 491 g/mol. The molecule has 0 fully saturated rings. The Kier molecular flexibility index (Phi) is 6.34. The number of nitro groups is 1. The number of rotatable bonds is 5. The first-order valence-corrected chi connectivity index (χ1v) is 10.9. The van der Waals surface area contributed by atoms with Crippen molar-refractivity contribution >= 4 is 46.6 Å². The lowest BCUT2D eigenvalue weighted by Crippen LogP contribution is -2.50. The molecule has 2 aliphatic heterocycles. The van der Waals surface area contributed by atoms with E-state index in [-0.39, 0.29) is 29.1 Å². The SMILES string of the molecule is CCOC(=O)C1=C(C)Nc2ccccc2N=C1NC(=O)[C@H](C)N1C(=O)c2cccc([N+](=O)[O-])c2C1=O. The number of hydrogen-bond acceptors (Lipinski definition) is 9. The Morgan fingerprint density at radius 1 is 1.17 bits per heavy atom. The number of fused-ring (bicyclic) bond motifs is 2. The Hall–Kier alpha value is -4.87. The zero-order valence-electron chi connectivity index (χ0n) is 19.5. The van der Waals surface area contributed by atoms with E-state index in [9.17, 15) is 29.3 Å². The quantitative estimate of drug-likeness (QED) is 0.279. The summed E-state index contributed by atoms with van der Waals surface area (Å²) in [5, 5.41) is 17.0. The number of nitro benzene ring substituents is 1. The Bertz CT molecular complexity index is 1390. The first-order chi connectivity index (χ1) is 17.1. The molecule has 0 aromatic heterocycles. The fourth-order valence-electron chi connectivity index (χ4n) is 3.97. The van der Waals surface area contributed by atoms with Gasteiger partial charge in [-0.2, -0.15) is 0 Å². The molecule has 2 aliphatic rings. The summed E-state index contributed by atoms with van der Waals surface area (Å²) < 4.78 is 5.14. The fourth-order valence-corrected chi connectivity index (χ4v) is 3.97. The van der Waals surface area contributed by atoms with Gasteiger partial charge >= 0.3 is 5.97 Å². The predicted molar refractivity (Wildman–Crippen MR) is 128 cm³/mol. The second-order valence-corrected chi connectivity index (χ2v) is 7.93. The molecule has 0 bridgehead atoms. The van der Waals surface area contributed by atoms with Gasteiger partial charge in [0.25, 0.3) is 17.5 Å². The molecule has 0 unspecified atom stereocenters. The number of anilines is 1. The van der Waals surface area contributed by atoms with E-state index in [0.29, 0.717) is 22.0 Å². The number of amides is 3. The van der Waals surface area contributed by atoms with E-state index in [4.69, 9.17) is 4.74 Å². The topological polar surface area (TPSA) is 160 Å². The summed E-state index contributed by atoms with van der Waals surface area (Å²) in [5.74, 6) is -3.51. The maximum atomic E-state index is 13.2. The third kappa shape index (κ3) is 4.08. The highest BCUT2D eigenvalue weighted by Gasteiger charge is 2.45. The standard InChI is InChI=1S/C24H21N5O7/c1-4-36-24(33)18-12(2)25-15-9-5-6-10-16(15)26-20(18)27-21(30)13(3)28-22(31)14-8-7-11-17(29(34)35)19(14)23(28)32/h5-11,13,25H,4H2,1-3H3,(H,26,27,30)/t13-/m0/s1. The van der Waals surface area contributed by atoms with Gasteiger partial charge in [0.05, 0.1) is 28.5 Å². The van der Waals surface area contributed by atoms with Crippen LogP contribution < -0.4 is 10.6 Å². The number of para-hydroxylation sites is 2. The van der Waals surface area contributed by atoms with E-state index in [1.807, 2.05) is 0 Å². The normalized spacial score (nSPS) is 15.3. The number of hydrogen-bond donors (Lipinski definition) is 2. The zero-order valence-corrected chi connectivity index (χ0v) is 19.5. The highest BCUT2D eigenvalue weighted by Crippen LogP contribution is 2.33. The summed E-state index contributed by atoms with van der Waals surface area (Å²) >= 11 is 0. The van der Waals surface area contributed by atoms with E-state index in [2.05, 4.69) is 15.6 Å². The number of nitrogens with one attached hydrogen (secondary N) is 2. The first kappa shape index (κ1) is 24.3. The van der Waals surface area contributed by atoms with Crippen molar-refractivity contribution in [1.82, 2.24) is 10.2 Å². The van der Waals surface area contributed by atoms with Crippen LogP contribution in [0.2, 0.25) is 0 Å². The van der Waals surface area contributed by atoms with Crippen molar-refractivity contribution in [2.45, 2.75) is 26.8 Å². The number of esters is 1. The molecule has 0 aliphatic carbocycles. The fraction of sp³-hybridized carbons (Fsp3) is 0.208. The van der Waals surface area contributed by atoms with E-state index in [1.165, 1.54) is 19.1 Å². The van der Waals surface area contributed by atoms with Crippen LogP contribution >= 0.6 is 0 Å². The van der Waals surface area contributed by atoms with E-state index < -0.39 is 40.3 Å². The molecule has 0 saturated carbocycles. The van der Waals surface area contributed by atoms with Crippen molar-refractivity contribution in [1.29, 1.82) is 0 Å². The molecule has 12 nitrogen and oxygen atoms in total. The Morgan fingerprint density at radius 2 is 1.89 bits per heavy atom. The Balaban J connectivity index is 1.68. The molecule has 36 heavy (non-hydrogen) atoms. The van der Waals surface area contributed by atoms with Gasteiger partial charge in [0.2, 0.25) is 5.91 Å². The van der Waals surface area contributed by atoms with E-state index in [1.54, 1.807) is 38.1 Å². The maximum Gasteiger partial charge on any atom is 0.343 e. The van der Waals surface area contributed by atoms with E-state index in [0.717, 1.165) is 6.07 Å². The average Bonchev–Trinajstić information content (AvgIpc) is 3.00. The minimum atomic E-state index is -1.38. The second-order valence-electron chi connectivity index (χ2n) is 7.93. The van der Waals surface area contributed by atoms with Crippen molar-refractivity contribution in [2.75, 3.05) is 11.9 Å². The summed E-state index contributed by atoms with van der Waals surface area (Å²) in [4.78, 5) is 67.6. The molecule has 12 heteroatoms. The molecule has 3 amide bonds. The summed E-state index contributed by atoms with van der Waals surface area (Å²) in [6.07, 6.45) is 0. The number of carbonyl (C=O) groups is 4. The van der Waals surface area contributed by atoms with Crippen LogP contribution in [0.1, 0.15) is 41.5 Å². The molecule has 2 N–H and O–H groups in total. The molecule has 0 saturated heterocycles. The van der Waals surface area contributed by atoms with Crippen LogP contribution in [0.25, 0.3) is 0 Å². The maximum absolute atomic E-state index is 13.2. The molecule has 2 aromatic carbocycles. The van der Waals surface area contributed by atoms with Crippen molar-refractivity contribution in [3.8, 4) is 0 Å². The lowest BCUT2D eigenvalue weighted by molar-refractivity contribution is -0.385.